The van der Waals surface area contributed by atoms with Crippen LogP contribution in [0.2, 0.25) is 0 Å². The van der Waals surface area contributed by atoms with Crippen LogP contribution >= 0.6 is 24.8 Å². The van der Waals surface area contributed by atoms with E-state index in [4.69, 9.17) is 0 Å². The van der Waals surface area contributed by atoms with Gasteiger partial charge in [0.2, 0.25) is 11.9 Å². The summed E-state index contributed by atoms with van der Waals surface area (Å²) in [5.74, 6) is 1.35. The third-order valence-electron chi connectivity index (χ3n) is 5.82. The van der Waals surface area contributed by atoms with E-state index >= 15 is 0 Å². The molecule has 2 aromatic heterocycles. The molecule has 1 aliphatic heterocycles. The summed E-state index contributed by atoms with van der Waals surface area (Å²) in [5, 5.41) is 20.5. The predicted octanol–water partition coefficient (Wildman–Crippen LogP) is 3.29. The highest BCUT2D eigenvalue weighted by molar-refractivity contribution is 6.01. The van der Waals surface area contributed by atoms with Crippen molar-refractivity contribution in [3.05, 3.63) is 24.7 Å². The van der Waals surface area contributed by atoms with Gasteiger partial charge in [-0.25, -0.2) is 4.98 Å². The summed E-state index contributed by atoms with van der Waals surface area (Å²) in [5.41, 5.74) is -0.112. The van der Waals surface area contributed by atoms with E-state index in [1.165, 1.54) is 0 Å². The molecule has 0 spiro atoms. The Morgan fingerprint density at radius 3 is 2.68 bits per heavy atom. The second kappa shape index (κ2) is 9.81. The third kappa shape index (κ3) is 4.61. The van der Waals surface area contributed by atoms with Gasteiger partial charge in [-0.05, 0) is 44.2 Å². The molecule has 2 N–H and O–H groups in total. The Labute approximate surface area is 194 Å². The molecule has 31 heavy (non-hydrogen) atoms. The van der Waals surface area contributed by atoms with Crippen LogP contribution in [0.1, 0.15) is 39.3 Å². The van der Waals surface area contributed by atoms with Crippen molar-refractivity contribution in [2.75, 3.05) is 23.8 Å². The van der Waals surface area contributed by atoms with Gasteiger partial charge >= 0.3 is 0 Å². The number of nitrogens with zero attached hydrogens (tertiary/aromatic N) is 6. The lowest BCUT2D eigenvalue weighted by Gasteiger charge is -2.20. The SMILES string of the molecule is CNC(C(C)C)n1cc(Nc2nccc(N3CC[C@@](C#N)(C4CC4)C3=O)n2)cn1.Cl.Cl. The van der Waals surface area contributed by atoms with E-state index in [9.17, 15) is 10.1 Å². The molecule has 0 radical (unpaired) electrons. The quantitative estimate of drug-likeness (QED) is 0.643. The van der Waals surface area contributed by atoms with Gasteiger partial charge in [-0.1, -0.05) is 13.8 Å². The number of carbonyl (C=O) groups excluding carboxylic acids is 1. The van der Waals surface area contributed by atoms with Crippen molar-refractivity contribution in [2.24, 2.45) is 17.3 Å². The molecule has 9 nitrogen and oxygen atoms in total. The van der Waals surface area contributed by atoms with Crippen LogP contribution in [0.25, 0.3) is 0 Å². The molecule has 1 saturated heterocycles. The van der Waals surface area contributed by atoms with E-state index in [-0.39, 0.29) is 42.8 Å². The molecule has 2 aromatic rings. The number of hydrogen-bond donors (Lipinski definition) is 2. The van der Waals surface area contributed by atoms with E-state index in [2.05, 4.69) is 45.6 Å². The number of nitriles is 1. The average Bonchev–Trinajstić information content (AvgIpc) is 3.38. The number of carbonyl (C=O) groups is 1. The van der Waals surface area contributed by atoms with Crippen molar-refractivity contribution >= 4 is 48.2 Å². The summed E-state index contributed by atoms with van der Waals surface area (Å²) in [7, 11) is 1.90. The number of anilines is 3. The molecule has 0 bridgehead atoms. The number of amides is 1. The number of hydrogen-bond acceptors (Lipinski definition) is 7. The van der Waals surface area contributed by atoms with Crippen molar-refractivity contribution in [1.82, 2.24) is 25.1 Å². The van der Waals surface area contributed by atoms with Crippen molar-refractivity contribution in [3.8, 4) is 6.07 Å². The Morgan fingerprint density at radius 1 is 1.32 bits per heavy atom. The van der Waals surface area contributed by atoms with E-state index in [0.717, 1.165) is 18.5 Å². The Bertz CT molecular complexity index is 955. The molecule has 1 amide bonds. The highest BCUT2D eigenvalue weighted by Gasteiger charge is 2.57. The lowest BCUT2D eigenvalue weighted by Crippen LogP contribution is -2.35. The minimum atomic E-state index is -0.876. The van der Waals surface area contributed by atoms with Crippen LogP contribution in [0, 0.1) is 28.6 Å². The first-order valence-corrected chi connectivity index (χ1v) is 10.0. The molecular weight excluding hydrogens is 439 g/mol. The van der Waals surface area contributed by atoms with E-state index in [0.29, 0.717) is 30.6 Å². The van der Waals surface area contributed by atoms with Gasteiger partial charge < -0.3 is 5.32 Å². The number of nitrogens with one attached hydrogen (secondary N) is 2. The first-order chi connectivity index (χ1) is 14.0. The lowest BCUT2D eigenvalue weighted by atomic mass is 9.83. The van der Waals surface area contributed by atoms with Gasteiger partial charge in [0.15, 0.2) is 0 Å². The Hall–Kier alpha value is -2.41. The standard InChI is InChI=1S/C20H26N8O.2ClH/c1-13(2)17(22-3)28-11-15(10-24-28)25-19-23-8-6-16(26-19)27-9-7-20(12-21,18(27)29)14-4-5-14;;/h6,8,10-11,13-14,17,22H,4-5,7,9H2,1-3H3,(H,23,25,26);2*1H/t17?,20-;;/m1../s1. The first-order valence-electron chi connectivity index (χ1n) is 10.0. The molecule has 1 unspecified atom stereocenters. The Kier molecular flexibility index (Phi) is 7.87. The van der Waals surface area contributed by atoms with Gasteiger partial charge in [0.25, 0.3) is 0 Å². The minimum absolute atomic E-state index is 0. The fourth-order valence-electron chi connectivity index (χ4n) is 4.12. The van der Waals surface area contributed by atoms with Gasteiger partial charge in [0.05, 0.1) is 24.2 Å². The molecule has 168 valence electrons. The summed E-state index contributed by atoms with van der Waals surface area (Å²) in [6.07, 6.45) is 7.80. The van der Waals surface area contributed by atoms with E-state index in [1.54, 1.807) is 23.4 Å². The molecule has 2 aliphatic rings. The highest BCUT2D eigenvalue weighted by atomic mass is 35.5. The van der Waals surface area contributed by atoms with Gasteiger partial charge in [-0.15, -0.1) is 24.8 Å². The Balaban J connectivity index is 0.00000171. The van der Waals surface area contributed by atoms with Gasteiger partial charge in [0.1, 0.15) is 17.4 Å². The highest BCUT2D eigenvalue weighted by Crippen LogP contribution is 2.51. The van der Waals surface area contributed by atoms with Crippen LogP contribution in [-0.2, 0) is 4.79 Å². The van der Waals surface area contributed by atoms with Crippen molar-refractivity contribution in [3.63, 3.8) is 0 Å². The smallest absolute Gasteiger partial charge is 0.248 e. The van der Waals surface area contributed by atoms with Crippen LogP contribution in [0.3, 0.4) is 0 Å². The average molecular weight is 467 g/mol. The maximum atomic E-state index is 13.0. The minimum Gasteiger partial charge on any atom is -0.321 e. The van der Waals surface area contributed by atoms with E-state index in [1.807, 2.05) is 17.9 Å². The first kappa shape index (κ1) is 24.9. The third-order valence-corrected chi connectivity index (χ3v) is 5.82. The molecule has 1 aliphatic carbocycles. The number of halogens is 2. The predicted molar refractivity (Wildman–Crippen MR) is 123 cm³/mol. The molecule has 2 atom stereocenters. The van der Waals surface area contributed by atoms with Crippen molar-refractivity contribution in [1.29, 1.82) is 5.26 Å². The molecule has 2 fully saturated rings. The van der Waals surface area contributed by atoms with Crippen molar-refractivity contribution in [2.45, 2.75) is 39.3 Å². The fourth-order valence-corrected chi connectivity index (χ4v) is 4.12. The topological polar surface area (TPSA) is 112 Å². The molecule has 4 rings (SSSR count). The summed E-state index contributed by atoms with van der Waals surface area (Å²) in [4.78, 5) is 23.4. The zero-order valence-electron chi connectivity index (χ0n) is 17.8. The largest absolute Gasteiger partial charge is 0.321 e. The monoisotopic (exact) mass is 466 g/mol. The summed E-state index contributed by atoms with van der Waals surface area (Å²) in [6, 6.07) is 4.01. The van der Waals surface area contributed by atoms with Crippen LogP contribution < -0.4 is 15.5 Å². The maximum absolute atomic E-state index is 13.0. The van der Waals surface area contributed by atoms with E-state index < -0.39 is 5.41 Å². The number of aromatic nitrogens is 4. The van der Waals surface area contributed by atoms with Gasteiger partial charge in [-0.2, -0.15) is 15.3 Å². The lowest BCUT2D eigenvalue weighted by molar-refractivity contribution is -0.123. The zero-order valence-corrected chi connectivity index (χ0v) is 19.4. The fraction of sp³-hybridized carbons (Fsp3) is 0.550. The van der Waals surface area contributed by atoms with Gasteiger partial charge in [-0.3, -0.25) is 19.7 Å². The van der Waals surface area contributed by atoms with Gasteiger partial charge in [0, 0.05) is 12.7 Å². The molecule has 0 aromatic carbocycles. The summed E-state index contributed by atoms with van der Waals surface area (Å²) in [6.45, 7) is 4.76. The number of rotatable bonds is 7. The summed E-state index contributed by atoms with van der Waals surface area (Å²) < 4.78 is 1.86. The van der Waals surface area contributed by atoms with Crippen LogP contribution in [-0.4, -0.2) is 39.2 Å². The van der Waals surface area contributed by atoms with Crippen LogP contribution in [0.5, 0.6) is 0 Å². The molecular formula is C20H28Cl2N8O. The maximum Gasteiger partial charge on any atom is 0.248 e. The normalized spacial score (nSPS) is 21.3. The second-order valence-electron chi connectivity index (χ2n) is 8.11. The van der Waals surface area contributed by atoms with Crippen LogP contribution in [0.4, 0.5) is 17.5 Å². The second-order valence-corrected chi connectivity index (χ2v) is 8.11. The Morgan fingerprint density at radius 2 is 2.06 bits per heavy atom. The molecule has 3 heterocycles. The summed E-state index contributed by atoms with van der Waals surface area (Å²) >= 11 is 0. The molecule has 1 saturated carbocycles. The van der Waals surface area contributed by atoms with Crippen molar-refractivity contribution < 1.29 is 4.79 Å². The van der Waals surface area contributed by atoms with Crippen LogP contribution in [0.15, 0.2) is 24.7 Å². The molecule has 11 heteroatoms. The zero-order chi connectivity index (χ0) is 20.6.